The maximum absolute atomic E-state index is 11.8. The molecular formula is C11H21N3O2S. The molecule has 1 aliphatic carbocycles. The summed E-state index contributed by atoms with van der Waals surface area (Å²) in [5.74, 6) is 0.344. The number of carbonyl (C=O) groups is 1. The van der Waals surface area contributed by atoms with Gasteiger partial charge in [-0.3, -0.25) is 4.79 Å². The molecule has 0 aromatic rings. The third-order valence-corrected chi connectivity index (χ3v) is 4.32. The molecule has 1 aliphatic rings. The number of thioether (sulfide) groups is 1. The number of nitrogens with two attached hydrogens (primary N) is 1. The van der Waals surface area contributed by atoms with Gasteiger partial charge >= 0.3 is 0 Å². The lowest BCUT2D eigenvalue weighted by Gasteiger charge is -2.16. The normalized spacial score (nSPS) is 26.8. The Balaban J connectivity index is 2.38. The molecule has 1 saturated carbocycles. The Hall–Kier alpha value is -0.910. The molecule has 98 valence electrons. The topological polar surface area (TPSA) is 87.7 Å². The van der Waals surface area contributed by atoms with E-state index >= 15 is 0 Å². The van der Waals surface area contributed by atoms with E-state index in [-0.39, 0.29) is 17.8 Å². The van der Waals surface area contributed by atoms with Gasteiger partial charge in [0, 0.05) is 11.3 Å². The molecule has 0 saturated heterocycles. The minimum absolute atomic E-state index is 0.0417. The van der Waals surface area contributed by atoms with Gasteiger partial charge in [0.2, 0.25) is 5.91 Å². The summed E-state index contributed by atoms with van der Waals surface area (Å²) in [4.78, 5) is 11.8. The van der Waals surface area contributed by atoms with Gasteiger partial charge in [0.1, 0.15) is 0 Å². The summed E-state index contributed by atoms with van der Waals surface area (Å²) in [5, 5.41) is 15.0. The first kappa shape index (κ1) is 14.2. The summed E-state index contributed by atoms with van der Waals surface area (Å²) in [6.07, 6.45) is 3.20. The van der Waals surface area contributed by atoms with Gasteiger partial charge in [0.15, 0.2) is 5.84 Å². The zero-order chi connectivity index (χ0) is 12.8. The standard InChI is InChI=1S/C11H21N3O2S/c1-3-17-9-5-4-8(6-9)13-11(15)7(2)10(12)14-16/h7-9,16H,3-6H2,1-2H3,(H2,12,14)(H,13,15). The molecule has 6 heteroatoms. The van der Waals surface area contributed by atoms with Crippen molar-refractivity contribution in [3.05, 3.63) is 0 Å². The smallest absolute Gasteiger partial charge is 0.230 e. The predicted octanol–water partition coefficient (Wildman–Crippen LogP) is 1.16. The van der Waals surface area contributed by atoms with Crippen LogP contribution in [-0.2, 0) is 4.79 Å². The van der Waals surface area contributed by atoms with E-state index in [4.69, 9.17) is 10.9 Å². The molecule has 17 heavy (non-hydrogen) atoms. The van der Waals surface area contributed by atoms with Crippen molar-refractivity contribution in [2.45, 2.75) is 44.4 Å². The van der Waals surface area contributed by atoms with Gasteiger partial charge in [-0.2, -0.15) is 11.8 Å². The molecule has 0 spiro atoms. The van der Waals surface area contributed by atoms with Crippen molar-refractivity contribution in [3.63, 3.8) is 0 Å². The van der Waals surface area contributed by atoms with E-state index in [9.17, 15) is 4.79 Å². The average Bonchev–Trinajstić information content (AvgIpc) is 2.75. The molecule has 0 heterocycles. The molecule has 0 bridgehead atoms. The van der Waals surface area contributed by atoms with Crippen LogP contribution in [0.25, 0.3) is 0 Å². The highest BCUT2D eigenvalue weighted by atomic mass is 32.2. The van der Waals surface area contributed by atoms with Crippen LogP contribution >= 0.6 is 11.8 Å². The second kappa shape index (κ2) is 6.74. The molecule has 0 aromatic heterocycles. The van der Waals surface area contributed by atoms with E-state index in [0.29, 0.717) is 5.25 Å². The van der Waals surface area contributed by atoms with Crippen LogP contribution in [0.5, 0.6) is 0 Å². The predicted molar refractivity (Wildman–Crippen MR) is 70.3 cm³/mol. The molecule has 4 N–H and O–H groups in total. The SMILES string of the molecule is CCSC1CCC(NC(=O)C(C)C(N)=NO)C1. The van der Waals surface area contributed by atoms with E-state index in [2.05, 4.69) is 17.4 Å². The van der Waals surface area contributed by atoms with Gasteiger partial charge in [-0.15, -0.1) is 0 Å². The van der Waals surface area contributed by atoms with E-state index in [1.165, 1.54) is 0 Å². The Morgan fingerprint density at radius 3 is 2.94 bits per heavy atom. The number of amides is 1. The molecule has 0 radical (unpaired) electrons. The fraction of sp³-hybridized carbons (Fsp3) is 0.818. The lowest BCUT2D eigenvalue weighted by atomic mass is 10.1. The number of hydrogen-bond donors (Lipinski definition) is 3. The number of nitrogens with zero attached hydrogens (tertiary/aromatic N) is 1. The Morgan fingerprint density at radius 2 is 2.35 bits per heavy atom. The monoisotopic (exact) mass is 259 g/mol. The van der Waals surface area contributed by atoms with Crippen molar-refractivity contribution < 1.29 is 10.0 Å². The first-order chi connectivity index (χ1) is 8.08. The second-order valence-electron chi connectivity index (χ2n) is 4.34. The number of rotatable bonds is 5. The van der Waals surface area contributed by atoms with Crippen LogP contribution in [0.1, 0.15) is 33.1 Å². The molecule has 1 amide bonds. The summed E-state index contributed by atoms with van der Waals surface area (Å²) in [7, 11) is 0. The zero-order valence-corrected chi connectivity index (χ0v) is 11.2. The minimum atomic E-state index is -0.571. The third kappa shape index (κ3) is 4.11. The highest BCUT2D eigenvalue weighted by Crippen LogP contribution is 2.29. The number of hydrogen-bond acceptors (Lipinski definition) is 4. The fourth-order valence-electron chi connectivity index (χ4n) is 2.01. The van der Waals surface area contributed by atoms with Crippen molar-refractivity contribution in [1.29, 1.82) is 0 Å². The van der Waals surface area contributed by atoms with Crippen LogP contribution in [-0.4, -0.2) is 34.0 Å². The molecule has 3 unspecified atom stereocenters. The van der Waals surface area contributed by atoms with Crippen molar-refractivity contribution in [2.75, 3.05) is 5.75 Å². The van der Waals surface area contributed by atoms with E-state index in [1.54, 1.807) is 6.92 Å². The average molecular weight is 259 g/mol. The van der Waals surface area contributed by atoms with Crippen molar-refractivity contribution in [1.82, 2.24) is 5.32 Å². The Morgan fingerprint density at radius 1 is 1.65 bits per heavy atom. The Labute approximate surface area is 106 Å². The summed E-state index contributed by atoms with van der Waals surface area (Å²) < 4.78 is 0. The van der Waals surface area contributed by atoms with Gasteiger partial charge in [0.25, 0.3) is 0 Å². The first-order valence-corrected chi connectivity index (χ1v) is 7.02. The fourth-order valence-corrected chi connectivity index (χ4v) is 3.15. The summed E-state index contributed by atoms with van der Waals surface area (Å²) in [6.45, 7) is 3.79. The maximum Gasteiger partial charge on any atom is 0.230 e. The highest BCUT2D eigenvalue weighted by molar-refractivity contribution is 7.99. The third-order valence-electron chi connectivity index (χ3n) is 3.09. The highest BCUT2D eigenvalue weighted by Gasteiger charge is 2.27. The summed E-state index contributed by atoms with van der Waals surface area (Å²) >= 11 is 1.95. The summed E-state index contributed by atoms with van der Waals surface area (Å²) in [5.41, 5.74) is 5.40. The lowest BCUT2D eigenvalue weighted by Crippen LogP contribution is -2.41. The molecular weight excluding hydrogens is 238 g/mol. The molecule has 3 atom stereocenters. The van der Waals surface area contributed by atoms with Crippen LogP contribution in [0, 0.1) is 5.92 Å². The van der Waals surface area contributed by atoms with Gasteiger partial charge in [-0.25, -0.2) is 0 Å². The van der Waals surface area contributed by atoms with Crippen LogP contribution < -0.4 is 11.1 Å². The van der Waals surface area contributed by atoms with Gasteiger partial charge in [-0.05, 0) is 31.9 Å². The molecule has 0 aromatic carbocycles. The minimum Gasteiger partial charge on any atom is -0.409 e. The Bertz CT molecular complexity index is 296. The van der Waals surface area contributed by atoms with E-state index < -0.39 is 5.92 Å². The maximum atomic E-state index is 11.8. The first-order valence-electron chi connectivity index (χ1n) is 5.97. The number of carbonyl (C=O) groups excluding carboxylic acids is 1. The summed E-state index contributed by atoms with van der Waals surface area (Å²) in [6, 6.07) is 0.237. The van der Waals surface area contributed by atoms with Crippen LogP contribution in [0.15, 0.2) is 5.16 Å². The van der Waals surface area contributed by atoms with Gasteiger partial charge in [-0.1, -0.05) is 12.1 Å². The Kier molecular flexibility index (Phi) is 5.61. The van der Waals surface area contributed by atoms with Gasteiger partial charge < -0.3 is 16.3 Å². The molecule has 1 fully saturated rings. The van der Waals surface area contributed by atoms with E-state index in [0.717, 1.165) is 25.0 Å². The quantitative estimate of drug-likeness (QED) is 0.299. The zero-order valence-electron chi connectivity index (χ0n) is 10.3. The number of amidine groups is 1. The molecule has 0 aliphatic heterocycles. The largest absolute Gasteiger partial charge is 0.409 e. The van der Waals surface area contributed by atoms with Crippen molar-refractivity contribution >= 4 is 23.5 Å². The number of nitrogens with one attached hydrogen (secondary N) is 1. The van der Waals surface area contributed by atoms with E-state index in [1.807, 2.05) is 11.8 Å². The van der Waals surface area contributed by atoms with Gasteiger partial charge in [0.05, 0.1) is 5.92 Å². The number of oxime groups is 1. The van der Waals surface area contributed by atoms with Crippen molar-refractivity contribution in [3.8, 4) is 0 Å². The lowest BCUT2D eigenvalue weighted by molar-refractivity contribution is -0.123. The van der Waals surface area contributed by atoms with Crippen LogP contribution in [0.4, 0.5) is 0 Å². The van der Waals surface area contributed by atoms with Crippen LogP contribution in [0.3, 0.4) is 0 Å². The van der Waals surface area contributed by atoms with Crippen LogP contribution in [0.2, 0.25) is 0 Å². The molecule has 1 rings (SSSR count). The second-order valence-corrected chi connectivity index (χ2v) is 5.92. The molecule has 5 nitrogen and oxygen atoms in total. The van der Waals surface area contributed by atoms with Crippen molar-refractivity contribution in [2.24, 2.45) is 16.8 Å².